The Balaban J connectivity index is 1.41. The first-order valence-corrected chi connectivity index (χ1v) is 9.01. The number of esters is 1. The van der Waals surface area contributed by atoms with Crippen molar-refractivity contribution in [3.8, 4) is 0 Å². The van der Waals surface area contributed by atoms with E-state index in [0.29, 0.717) is 24.0 Å². The van der Waals surface area contributed by atoms with Crippen LogP contribution in [0.5, 0.6) is 0 Å². The van der Waals surface area contributed by atoms with Crippen LogP contribution >= 0.6 is 0 Å². The maximum Gasteiger partial charge on any atom is 0.338 e. The number of hydrogen-bond donors (Lipinski definition) is 1. The number of ether oxygens (including phenoxy) is 1. The molecule has 1 aliphatic rings. The van der Waals surface area contributed by atoms with Gasteiger partial charge in [-0.05, 0) is 30.7 Å². The van der Waals surface area contributed by atoms with Gasteiger partial charge in [0.25, 0.3) is 0 Å². The Hall–Kier alpha value is -2.44. The van der Waals surface area contributed by atoms with Crippen molar-refractivity contribution in [3.05, 3.63) is 59.8 Å². The number of nitrogens with zero attached hydrogens (tertiary/aromatic N) is 3. The van der Waals surface area contributed by atoms with Gasteiger partial charge >= 0.3 is 5.97 Å². The smallest absolute Gasteiger partial charge is 0.338 e. The third-order valence-electron chi connectivity index (χ3n) is 4.72. The molecule has 1 atom stereocenters. The van der Waals surface area contributed by atoms with Crippen molar-refractivity contribution in [2.45, 2.75) is 19.5 Å². The molecule has 0 spiro atoms. The average molecular weight is 354 g/mol. The molecule has 1 aromatic carbocycles. The summed E-state index contributed by atoms with van der Waals surface area (Å²) in [6.07, 6.45) is 1.84. The van der Waals surface area contributed by atoms with E-state index >= 15 is 0 Å². The van der Waals surface area contributed by atoms with Crippen LogP contribution in [0.1, 0.15) is 22.8 Å². The van der Waals surface area contributed by atoms with Crippen LogP contribution in [0.3, 0.4) is 0 Å². The summed E-state index contributed by atoms with van der Waals surface area (Å²) in [6.45, 7) is 7.21. The minimum Gasteiger partial charge on any atom is -0.461 e. The molecule has 6 heteroatoms. The van der Waals surface area contributed by atoms with E-state index in [0.717, 1.165) is 32.7 Å². The molecule has 0 unspecified atom stereocenters. The van der Waals surface area contributed by atoms with Crippen LogP contribution in [0.25, 0.3) is 0 Å². The van der Waals surface area contributed by atoms with E-state index in [2.05, 4.69) is 21.7 Å². The van der Waals surface area contributed by atoms with E-state index in [9.17, 15) is 4.79 Å². The van der Waals surface area contributed by atoms with Gasteiger partial charge in [0.1, 0.15) is 12.4 Å². The highest BCUT2D eigenvalue weighted by Gasteiger charge is 2.23. The zero-order valence-electron chi connectivity index (χ0n) is 15.2. The minimum absolute atomic E-state index is 0.257. The van der Waals surface area contributed by atoms with E-state index in [1.165, 1.54) is 5.56 Å². The second kappa shape index (κ2) is 8.78. The molecule has 1 aromatic heterocycles. The molecule has 2 N–H and O–H groups in total. The standard InChI is InChI=1S/C20H26N4O2/c1-16-14-23(15-17-7-8-19(21)22-13-17)9-10-24(16)11-12-26-20(25)18-5-3-2-4-6-18/h2-8,13,16H,9-12,14-15H2,1H3,(H2,21,22)/t16-/m0/s1. The quantitative estimate of drug-likeness (QED) is 0.801. The summed E-state index contributed by atoms with van der Waals surface area (Å²) >= 11 is 0. The minimum atomic E-state index is -0.257. The van der Waals surface area contributed by atoms with E-state index in [4.69, 9.17) is 10.5 Å². The lowest BCUT2D eigenvalue weighted by atomic mass is 10.1. The Morgan fingerprint density at radius 1 is 1.23 bits per heavy atom. The lowest BCUT2D eigenvalue weighted by Crippen LogP contribution is -2.52. The number of rotatable bonds is 6. The molecule has 0 saturated carbocycles. The van der Waals surface area contributed by atoms with Gasteiger partial charge in [0.15, 0.2) is 0 Å². The summed E-state index contributed by atoms with van der Waals surface area (Å²) in [5, 5.41) is 0. The molecule has 1 saturated heterocycles. The maximum absolute atomic E-state index is 12.0. The van der Waals surface area contributed by atoms with Gasteiger partial charge in [0.2, 0.25) is 0 Å². The monoisotopic (exact) mass is 354 g/mol. The fourth-order valence-electron chi connectivity index (χ4n) is 3.25. The Morgan fingerprint density at radius 2 is 2.04 bits per heavy atom. The van der Waals surface area contributed by atoms with Crippen molar-refractivity contribution in [3.63, 3.8) is 0 Å². The Labute approximate surface area is 154 Å². The third kappa shape index (κ3) is 5.03. The summed E-state index contributed by atoms with van der Waals surface area (Å²) in [5.74, 6) is 0.296. The topological polar surface area (TPSA) is 71.7 Å². The number of carbonyl (C=O) groups excluding carboxylic acids is 1. The Kier molecular flexibility index (Phi) is 6.20. The summed E-state index contributed by atoms with van der Waals surface area (Å²) in [5.41, 5.74) is 7.41. The van der Waals surface area contributed by atoms with Gasteiger partial charge in [-0.15, -0.1) is 0 Å². The van der Waals surface area contributed by atoms with Gasteiger partial charge in [0, 0.05) is 45.0 Å². The molecule has 26 heavy (non-hydrogen) atoms. The van der Waals surface area contributed by atoms with Gasteiger partial charge in [-0.25, -0.2) is 9.78 Å². The van der Waals surface area contributed by atoms with Crippen LogP contribution in [-0.4, -0.2) is 59.6 Å². The summed E-state index contributed by atoms with van der Waals surface area (Å²) in [4.78, 5) is 20.9. The Bertz CT molecular complexity index is 706. The first-order valence-electron chi connectivity index (χ1n) is 9.01. The molecule has 0 aliphatic carbocycles. The number of piperazine rings is 1. The number of nitrogens with two attached hydrogens (primary N) is 1. The lowest BCUT2D eigenvalue weighted by molar-refractivity contribution is 0.0325. The van der Waals surface area contributed by atoms with E-state index in [-0.39, 0.29) is 5.97 Å². The highest BCUT2D eigenvalue weighted by atomic mass is 16.5. The number of carbonyl (C=O) groups is 1. The van der Waals surface area contributed by atoms with Gasteiger partial charge in [-0.3, -0.25) is 9.80 Å². The third-order valence-corrected chi connectivity index (χ3v) is 4.72. The van der Waals surface area contributed by atoms with Crippen LogP contribution < -0.4 is 5.73 Å². The van der Waals surface area contributed by atoms with E-state index in [1.54, 1.807) is 12.1 Å². The highest BCUT2D eigenvalue weighted by molar-refractivity contribution is 5.89. The predicted octanol–water partition coefficient (Wildman–Crippen LogP) is 2.03. The Morgan fingerprint density at radius 3 is 2.73 bits per heavy atom. The van der Waals surface area contributed by atoms with Crippen LogP contribution in [0.4, 0.5) is 5.82 Å². The predicted molar refractivity (Wildman–Crippen MR) is 102 cm³/mol. The number of aromatic nitrogens is 1. The molecule has 0 bridgehead atoms. The van der Waals surface area contributed by atoms with E-state index in [1.807, 2.05) is 36.5 Å². The number of pyridine rings is 1. The zero-order valence-corrected chi connectivity index (χ0v) is 15.2. The van der Waals surface area contributed by atoms with Gasteiger partial charge in [-0.1, -0.05) is 24.3 Å². The molecule has 138 valence electrons. The largest absolute Gasteiger partial charge is 0.461 e. The summed E-state index contributed by atoms with van der Waals surface area (Å²) in [7, 11) is 0. The SMILES string of the molecule is C[C@H]1CN(Cc2ccc(N)nc2)CCN1CCOC(=O)c1ccccc1. The fraction of sp³-hybridized carbons (Fsp3) is 0.400. The summed E-state index contributed by atoms with van der Waals surface area (Å²) < 4.78 is 5.40. The molecule has 2 heterocycles. The van der Waals surface area contributed by atoms with Crippen LogP contribution in [0.2, 0.25) is 0 Å². The van der Waals surface area contributed by atoms with Gasteiger partial charge in [-0.2, -0.15) is 0 Å². The van der Waals surface area contributed by atoms with Gasteiger partial charge < -0.3 is 10.5 Å². The number of hydrogen-bond acceptors (Lipinski definition) is 6. The van der Waals surface area contributed by atoms with Crippen molar-refractivity contribution < 1.29 is 9.53 Å². The van der Waals surface area contributed by atoms with Crippen molar-refractivity contribution in [1.82, 2.24) is 14.8 Å². The lowest BCUT2D eigenvalue weighted by Gasteiger charge is -2.39. The number of benzene rings is 1. The van der Waals surface area contributed by atoms with Crippen molar-refractivity contribution in [1.29, 1.82) is 0 Å². The molecule has 0 radical (unpaired) electrons. The average Bonchev–Trinajstić information content (AvgIpc) is 2.66. The molecule has 1 aliphatic heterocycles. The second-order valence-corrected chi connectivity index (χ2v) is 6.71. The second-order valence-electron chi connectivity index (χ2n) is 6.71. The van der Waals surface area contributed by atoms with Crippen molar-refractivity contribution in [2.24, 2.45) is 0 Å². The van der Waals surface area contributed by atoms with Crippen LogP contribution in [-0.2, 0) is 11.3 Å². The maximum atomic E-state index is 12.0. The van der Waals surface area contributed by atoms with Crippen LogP contribution in [0, 0.1) is 0 Å². The molecule has 6 nitrogen and oxygen atoms in total. The molecule has 0 amide bonds. The van der Waals surface area contributed by atoms with Gasteiger partial charge in [0.05, 0.1) is 5.56 Å². The van der Waals surface area contributed by atoms with Crippen molar-refractivity contribution in [2.75, 3.05) is 38.5 Å². The highest BCUT2D eigenvalue weighted by Crippen LogP contribution is 2.13. The zero-order chi connectivity index (χ0) is 18.4. The molecule has 2 aromatic rings. The summed E-state index contributed by atoms with van der Waals surface area (Å²) in [6, 6.07) is 13.4. The molecular formula is C20H26N4O2. The normalized spacial score (nSPS) is 18.6. The molecule has 1 fully saturated rings. The molecule has 3 rings (SSSR count). The van der Waals surface area contributed by atoms with E-state index < -0.39 is 0 Å². The first kappa shape index (κ1) is 18.4. The number of anilines is 1. The number of nitrogen functional groups attached to an aromatic ring is 1. The van der Waals surface area contributed by atoms with Crippen molar-refractivity contribution >= 4 is 11.8 Å². The fourth-order valence-corrected chi connectivity index (χ4v) is 3.25. The first-order chi connectivity index (χ1) is 12.6. The van der Waals surface area contributed by atoms with Crippen LogP contribution in [0.15, 0.2) is 48.7 Å². The molecular weight excluding hydrogens is 328 g/mol.